The van der Waals surface area contributed by atoms with Gasteiger partial charge < -0.3 is 15.2 Å². The zero-order valence-corrected chi connectivity index (χ0v) is 10.4. The summed E-state index contributed by atoms with van der Waals surface area (Å²) in [4.78, 5) is 15.5. The van der Waals surface area contributed by atoms with Gasteiger partial charge in [0.15, 0.2) is 5.69 Å². The molecule has 1 rings (SSSR count). The van der Waals surface area contributed by atoms with Crippen LogP contribution in [0.5, 0.6) is 0 Å². The Bertz CT molecular complexity index is 391. The first-order chi connectivity index (χ1) is 7.96. The van der Waals surface area contributed by atoms with Gasteiger partial charge >= 0.3 is 5.97 Å². The summed E-state index contributed by atoms with van der Waals surface area (Å²) in [6.07, 6.45) is 2.12. The number of hydrogen-bond acceptors (Lipinski definition) is 5. The predicted molar refractivity (Wildman–Crippen MR) is 64.6 cm³/mol. The van der Waals surface area contributed by atoms with E-state index in [0.717, 1.165) is 0 Å². The highest BCUT2D eigenvalue weighted by Crippen LogP contribution is 2.14. The first-order valence-electron chi connectivity index (χ1n) is 5.39. The summed E-state index contributed by atoms with van der Waals surface area (Å²) < 4.78 is 10.3. The van der Waals surface area contributed by atoms with Gasteiger partial charge in [-0.15, -0.1) is 0 Å². The number of nitrogen functional groups attached to an aromatic ring is 1. The molecule has 1 aromatic rings. The van der Waals surface area contributed by atoms with Crippen molar-refractivity contribution in [2.45, 2.75) is 25.9 Å². The van der Waals surface area contributed by atoms with Crippen molar-refractivity contribution in [1.29, 1.82) is 0 Å². The van der Waals surface area contributed by atoms with E-state index < -0.39 is 5.97 Å². The fraction of sp³-hybridized carbons (Fsp3) is 0.500. The molecule has 0 radical (unpaired) electrons. The minimum Gasteiger partial charge on any atom is -0.461 e. The summed E-state index contributed by atoms with van der Waals surface area (Å²) in [5.74, 6) is -0.505. The molecule has 1 heterocycles. The standard InChI is InChI=1S/C12H18N2O3/c1-12(2,16-3)6-8-17-11(15)10-9(13)5-4-7-14-10/h4-5,7H,6,8,13H2,1-3H3. The number of anilines is 1. The van der Waals surface area contributed by atoms with Crippen LogP contribution in [0.4, 0.5) is 5.69 Å². The van der Waals surface area contributed by atoms with E-state index in [1.807, 2.05) is 13.8 Å². The quantitative estimate of drug-likeness (QED) is 0.789. The first-order valence-corrected chi connectivity index (χ1v) is 5.39. The van der Waals surface area contributed by atoms with Crippen LogP contribution in [-0.2, 0) is 9.47 Å². The van der Waals surface area contributed by atoms with Crippen LogP contribution in [-0.4, -0.2) is 30.3 Å². The van der Waals surface area contributed by atoms with Crippen molar-refractivity contribution in [3.63, 3.8) is 0 Å². The second-order valence-corrected chi connectivity index (χ2v) is 4.29. The van der Waals surface area contributed by atoms with Crippen molar-refractivity contribution in [2.75, 3.05) is 19.5 Å². The predicted octanol–water partition coefficient (Wildman–Crippen LogP) is 1.64. The molecule has 0 aromatic carbocycles. The van der Waals surface area contributed by atoms with Crippen LogP contribution in [0.15, 0.2) is 18.3 Å². The van der Waals surface area contributed by atoms with E-state index in [0.29, 0.717) is 12.1 Å². The van der Waals surface area contributed by atoms with Crippen molar-refractivity contribution in [2.24, 2.45) is 0 Å². The number of methoxy groups -OCH3 is 1. The van der Waals surface area contributed by atoms with Gasteiger partial charge in [-0.1, -0.05) is 0 Å². The summed E-state index contributed by atoms with van der Waals surface area (Å²) in [5.41, 5.74) is 5.79. The lowest BCUT2D eigenvalue weighted by Crippen LogP contribution is -2.25. The SMILES string of the molecule is COC(C)(C)CCOC(=O)c1ncccc1N. The van der Waals surface area contributed by atoms with Gasteiger partial charge in [-0.05, 0) is 26.0 Å². The molecule has 0 saturated carbocycles. The van der Waals surface area contributed by atoms with Crippen molar-refractivity contribution in [3.8, 4) is 0 Å². The highest BCUT2D eigenvalue weighted by molar-refractivity contribution is 5.92. The Kier molecular flexibility index (Phi) is 4.45. The fourth-order valence-corrected chi connectivity index (χ4v) is 1.15. The number of carbonyl (C=O) groups excluding carboxylic acids is 1. The number of aromatic nitrogens is 1. The highest BCUT2D eigenvalue weighted by atomic mass is 16.5. The Morgan fingerprint density at radius 2 is 2.24 bits per heavy atom. The van der Waals surface area contributed by atoms with E-state index in [4.69, 9.17) is 15.2 Å². The Morgan fingerprint density at radius 3 is 2.82 bits per heavy atom. The smallest absolute Gasteiger partial charge is 0.359 e. The molecule has 0 aliphatic rings. The monoisotopic (exact) mass is 238 g/mol. The largest absolute Gasteiger partial charge is 0.461 e. The minimum absolute atomic E-state index is 0.155. The van der Waals surface area contributed by atoms with Crippen molar-refractivity contribution < 1.29 is 14.3 Å². The van der Waals surface area contributed by atoms with E-state index in [1.54, 1.807) is 19.2 Å². The maximum absolute atomic E-state index is 11.6. The Hall–Kier alpha value is -1.62. The lowest BCUT2D eigenvalue weighted by atomic mass is 10.1. The average molecular weight is 238 g/mol. The van der Waals surface area contributed by atoms with Crippen LogP contribution < -0.4 is 5.73 Å². The second kappa shape index (κ2) is 5.63. The molecule has 0 aliphatic carbocycles. The number of hydrogen-bond donors (Lipinski definition) is 1. The third-order valence-corrected chi connectivity index (χ3v) is 2.52. The van der Waals surface area contributed by atoms with Crippen LogP contribution in [0, 0.1) is 0 Å². The Balaban J connectivity index is 2.49. The molecular formula is C12H18N2O3. The Labute approximate surface area is 101 Å². The molecule has 2 N–H and O–H groups in total. The summed E-state index contributed by atoms with van der Waals surface area (Å²) in [5, 5.41) is 0. The molecule has 0 bridgehead atoms. The van der Waals surface area contributed by atoms with Crippen LogP contribution in [0.3, 0.4) is 0 Å². The van der Waals surface area contributed by atoms with Crippen molar-refractivity contribution in [1.82, 2.24) is 4.98 Å². The molecule has 0 aliphatic heterocycles. The third kappa shape index (κ3) is 4.03. The van der Waals surface area contributed by atoms with Gasteiger partial charge in [-0.3, -0.25) is 0 Å². The fourth-order valence-electron chi connectivity index (χ4n) is 1.15. The van der Waals surface area contributed by atoms with Crippen LogP contribution >= 0.6 is 0 Å². The molecular weight excluding hydrogens is 220 g/mol. The van der Waals surface area contributed by atoms with Crippen molar-refractivity contribution >= 4 is 11.7 Å². The molecule has 0 saturated heterocycles. The van der Waals surface area contributed by atoms with Gasteiger partial charge in [0, 0.05) is 19.7 Å². The topological polar surface area (TPSA) is 74.4 Å². The van der Waals surface area contributed by atoms with Gasteiger partial charge in [-0.2, -0.15) is 0 Å². The molecule has 5 nitrogen and oxygen atoms in total. The summed E-state index contributed by atoms with van der Waals surface area (Å²) in [6.45, 7) is 4.13. The molecule has 0 unspecified atom stereocenters. The lowest BCUT2D eigenvalue weighted by Gasteiger charge is -2.22. The van der Waals surface area contributed by atoms with Crippen LogP contribution in [0.1, 0.15) is 30.8 Å². The average Bonchev–Trinajstić information content (AvgIpc) is 2.29. The number of nitrogens with two attached hydrogens (primary N) is 1. The first kappa shape index (κ1) is 13.4. The molecule has 0 fully saturated rings. The number of carbonyl (C=O) groups is 1. The van der Waals surface area contributed by atoms with Crippen LogP contribution in [0.2, 0.25) is 0 Å². The third-order valence-electron chi connectivity index (χ3n) is 2.52. The number of rotatable bonds is 5. The number of pyridine rings is 1. The van der Waals surface area contributed by atoms with Gasteiger partial charge in [0.05, 0.1) is 17.9 Å². The maximum Gasteiger partial charge on any atom is 0.359 e. The van der Waals surface area contributed by atoms with Crippen molar-refractivity contribution in [3.05, 3.63) is 24.0 Å². The highest BCUT2D eigenvalue weighted by Gasteiger charge is 2.18. The number of esters is 1. The normalized spacial score (nSPS) is 11.2. The molecule has 94 valence electrons. The zero-order valence-electron chi connectivity index (χ0n) is 10.4. The number of nitrogens with zero attached hydrogens (tertiary/aromatic N) is 1. The van der Waals surface area contributed by atoms with E-state index in [2.05, 4.69) is 4.98 Å². The van der Waals surface area contributed by atoms with E-state index in [-0.39, 0.29) is 17.9 Å². The molecule has 5 heteroatoms. The molecule has 0 atom stereocenters. The zero-order chi connectivity index (χ0) is 12.9. The van der Waals surface area contributed by atoms with Gasteiger partial charge in [-0.25, -0.2) is 9.78 Å². The van der Waals surface area contributed by atoms with E-state index >= 15 is 0 Å². The van der Waals surface area contributed by atoms with Crippen LogP contribution in [0.25, 0.3) is 0 Å². The maximum atomic E-state index is 11.6. The second-order valence-electron chi connectivity index (χ2n) is 4.29. The summed E-state index contributed by atoms with van der Waals surface area (Å²) in [6, 6.07) is 3.28. The summed E-state index contributed by atoms with van der Waals surface area (Å²) in [7, 11) is 1.62. The molecule has 0 spiro atoms. The molecule has 17 heavy (non-hydrogen) atoms. The van der Waals surface area contributed by atoms with Gasteiger partial charge in [0.2, 0.25) is 0 Å². The lowest BCUT2D eigenvalue weighted by molar-refractivity contribution is -0.00576. The number of ether oxygens (including phenoxy) is 2. The van der Waals surface area contributed by atoms with E-state index in [1.165, 1.54) is 6.20 Å². The minimum atomic E-state index is -0.505. The van der Waals surface area contributed by atoms with Gasteiger partial charge in [0.1, 0.15) is 0 Å². The summed E-state index contributed by atoms with van der Waals surface area (Å²) >= 11 is 0. The van der Waals surface area contributed by atoms with Gasteiger partial charge in [0.25, 0.3) is 0 Å². The van der Waals surface area contributed by atoms with E-state index in [9.17, 15) is 4.79 Å². The molecule has 1 aromatic heterocycles. The molecule has 0 amide bonds. The Morgan fingerprint density at radius 1 is 1.53 bits per heavy atom.